The molecule has 0 saturated heterocycles. The van der Waals surface area contributed by atoms with Crippen LogP contribution in [-0.2, 0) is 0 Å². The van der Waals surface area contributed by atoms with E-state index in [0.717, 1.165) is 10.4 Å². The van der Waals surface area contributed by atoms with Crippen molar-refractivity contribution in [2.75, 3.05) is 0 Å². The summed E-state index contributed by atoms with van der Waals surface area (Å²) in [6, 6.07) is 10.9. The second-order valence-electron chi connectivity index (χ2n) is 3.90. The molecule has 3 aromatic rings. The highest BCUT2D eigenvalue weighted by atomic mass is 32.1. The van der Waals surface area contributed by atoms with Crippen molar-refractivity contribution >= 4 is 22.3 Å². The second-order valence-corrected chi connectivity index (χ2v) is 4.82. The Morgan fingerprint density at radius 3 is 2.76 bits per heavy atom. The molecule has 0 aliphatic heterocycles. The van der Waals surface area contributed by atoms with Gasteiger partial charge in [0.05, 0.1) is 10.3 Å². The van der Waals surface area contributed by atoms with E-state index in [0.29, 0.717) is 16.7 Å². The molecule has 3 rings (SSSR count). The van der Waals surface area contributed by atoms with Gasteiger partial charge in [0.15, 0.2) is 5.43 Å². The summed E-state index contributed by atoms with van der Waals surface area (Å²) >= 11 is 1.59. The van der Waals surface area contributed by atoms with E-state index < -0.39 is 0 Å². The monoisotopic (exact) mass is 242 g/mol. The molecule has 0 N–H and O–H groups in total. The molecule has 0 aliphatic rings. The Kier molecular flexibility index (Phi) is 2.34. The van der Waals surface area contributed by atoms with E-state index in [1.165, 1.54) is 0 Å². The molecule has 0 radical (unpaired) electrons. The number of para-hydroxylation sites is 1. The zero-order valence-corrected chi connectivity index (χ0v) is 10.1. The van der Waals surface area contributed by atoms with Gasteiger partial charge >= 0.3 is 0 Å². The zero-order chi connectivity index (χ0) is 11.8. The molecule has 0 amide bonds. The van der Waals surface area contributed by atoms with Crippen molar-refractivity contribution in [1.82, 2.24) is 0 Å². The Morgan fingerprint density at radius 2 is 2.00 bits per heavy atom. The maximum absolute atomic E-state index is 12.0. The molecule has 2 heterocycles. The van der Waals surface area contributed by atoms with E-state index in [1.54, 1.807) is 23.5 Å². The Morgan fingerprint density at radius 1 is 1.18 bits per heavy atom. The molecular weight excluding hydrogens is 232 g/mol. The van der Waals surface area contributed by atoms with Crippen LogP contribution in [0.25, 0.3) is 21.6 Å². The minimum absolute atomic E-state index is 0.00894. The van der Waals surface area contributed by atoms with E-state index >= 15 is 0 Å². The van der Waals surface area contributed by atoms with Crippen LogP contribution in [0.3, 0.4) is 0 Å². The summed E-state index contributed by atoms with van der Waals surface area (Å²) in [6.07, 6.45) is 0. The third-order valence-corrected chi connectivity index (χ3v) is 3.75. The van der Waals surface area contributed by atoms with Crippen molar-refractivity contribution in [2.45, 2.75) is 6.92 Å². The third-order valence-electron chi connectivity index (χ3n) is 2.72. The van der Waals surface area contributed by atoms with Crippen LogP contribution in [0.5, 0.6) is 0 Å². The first-order valence-electron chi connectivity index (χ1n) is 5.33. The van der Waals surface area contributed by atoms with Crippen molar-refractivity contribution in [3.63, 3.8) is 0 Å². The lowest BCUT2D eigenvalue weighted by molar-refractivity contribution is 0.620. The highest BCUT2D eigenvalue weighted by Crippen LogP contribution is 2.29. The topological polar surface area (TPSA) is 30.2 Å². The lowest BCUT2D eigenvalue weighted by atomic mass is 10.2. The molecule has 0 aliphatic carbocycles. The first kappa shape index (κ1) is 10.3. The van der Waals surface area contributed by atoms with Crippen LogP contribution >= 0.6 is 11.3 Å². The summed E-state index contributed by atoms with van der Waals surface area (Å²) in [5, 5.41) is 2.63. The molecule has 2 nitrogen and oxygen atoms in total. The maximum Gasteiger partial charge on any atom is 0.193 e. The summed E-state index contributed by atoms with van der Waals surface area (Å²) in [7, 11) is 0. The van der Waals surface area contributed by atoms with Gasteiger partial charge in [-0.05, 0) is 36.1 Å². The molecular formula is C14H10O2S. The number of hydrogen-bond acceptors (Lipinski definition) is 3. The predicted octanol–water partition coefficient (Wildman–Crippen LogP) is 3.83. The number of fused-ring (bicyclic) bond motifs is 1. The fourth-order valence-electron chi connectivity index (χ4n) is 1.84. The van der Waals surface area contributed by atoms with Crippen LogP contribution in [0.4, 0.5) is 0 Å². The Balaban J connectivity index is 2.33. The van der Waals surface area contributed by atoms with Gasteiger partial charge < -0.3 is 4.42 Å². The number of benzene rings is 1. The number of thiophene rings is 1. The van der Waals surface area contributed by atoms with E-state index in [1.807, 2.05) is 36.6 Å². The van der Waals surface area contributed by atoms with Crippen LogP contribution in [0.15, 0.2) is 51.0 Å². The molecule has 3 heteroatoms. The quantitative estimate of drug-likeness (QED) is 0.649. The van der Waals surface area contributed by atoms with Crippen molar-refractivity contribution in [2.24, 2.45) is 0 Å². The number of hydrogen-bond donors (Lipinski definition) is 0. The minimum Gasteiger partial charge on any atom is -0.455 e. The fourth-order valence-corrected chi connectivity index (χ4v) is 2.72. The average molecular weight is 242 g/mol. The lowest BCUT2D eigenvalue weighted by Gasteiger charge is -2.01. The van der Waals surface area contributed by atoms with Crippen LogP contribution < -0.4 is 5.43 Å². The standard InChI is InChI=1S/C14H10O2S/c1-9-6-7-17-14(9)13-8-11(15)10-4-2-3-5-12(10)16-13/h2-8H,1H3. The SMILES string of the molecule is Cc1ccsc1-c1cc(=O)c2ccccc2o1. The molecule has 0 bridgehead atoms. The maximum atomic E-state index is 12.0. The van der Waals surface area contributed by atoms with Gasteiger partial charge in [-0.3, -0.25) is 4.79 Å². The zero-order valence-electron chi connectivity index (χ0n) is 9.27. The van der Waals surface area contributed by atoms with Crippen LogP contribution in [0, 0.1) is 6.92 Å². The van der Waals surface area contributed by atoms with Gasteiger partial charge in [-0.2, -0.15) is 0 Å². The van der Waals surface area contributed by atoms with Gasteiger partial charge in [0.2, 0.25) is 0 Å². The van der Waals surface area contributed by atoms with Crippen LogP contribution in [0.2, 0.25) is 0 Å². The first-order chi connectivity index (χ1) is 8.25. The predicted molar refractivity (Wildman–Crippen MR) is 70.5 cm³/mol. The Labute approximate surface area is 102 Å². The van der Waals surface area contributed by atoms with E-state index in [-0.39, 0.29) is 5.43 Å². The molecule has 0 saturated carbocycles. The Hall–Kier alpha value is -1.87. The van der Waals surface area contributed by atoms with E-state index in [2.05, 4.69) is 0 Å². The molecule has 84 valence electrons. The van der Waals surface area contributed by atoms with Gasteiger partial charge in [0, 0.05) is 6.07 Å². The smallest absolute Gasteiger partial charge is 0.193 e. The largest absolute Gasteiger partial charge is 0.455 e. The van der Waals surface area contributed by atoms with Crippen molar-refractivity contribution in [1.29, 1.82) is 0 Å². The fraction of sp³-hybridized carbons (Fsp3) is 0.0714. The molecule has 0 unspecified atom stereocenters. The normalized spacial score (nSPS) is 10.9. The van der Waals surface area contributed by atoms with Gasteiger partial charge in [-0.25, -0.2) is 0 Å². The molecule has 0 spiro atoms. The van der Waals surface area contributed by atoms with Crippen molar-refractivity contribution in [3.05, 3.63) is 57.6 Å². The summed E-state index contributed by atoms with van der Waals surface area (Å²) in [5.74, 6) is 0.654. The lowest BCUT2D eigenvalue weighted by Crippen LogP contribution is -1.99. The third kappa shape index (κ3) is 1.68. The highest BCUT2D eigenvalue weighted by Gasteiger charge is 2.09. The molecule has 17 heavy (non-hydrogen) atoms. The molecule has 1 aromatic carbocycles. The van der Waals surface area contributed by atoms with Gasteiger partial charge in [-0.15, -0.1) is 11.3 Å². The summed E-state index contributed by atoms with van der Waals surface area (Å²) in [6.45, 7) is 2.01. The summed E-state index contributed by atoms with van der Waals surface area (Å²) < 4.78 is 5.78. The molecule has 0 atom stereocenters. The van der Waals surface area contributed by atoms with Gasteiger partial charge in [0.1, 0.15) is 11.3 Å². The first-order valence-corrected chi connectivity index (χ1v) is 6.21. The minimum atomic E-state index is 0.00894. The van der Waals surface area contributed by atoms with Crippen LogP contribution in [0.1, 0.15) is 5.56 Å². The Bertz CT molecular complexity index is 737. The highest BCUT2D eigenvalue weighted by molar-refractivity contribution is 7.13. The second kappa shape index (κ2) is 3.86. The van der Waals surface area contributed by atoms with Crippen molar-refractivity contribution in [3.8, 4) is 10.6 Å². The molecule has 0 fully saturated rings. The van der Waals surface area contributed by atoms with Gasteiger partial charge in [-0.1, -0.05) is 12.1 Å². The summed E-state index contributed by atoms with van der Waals surface area (Å²) in [5.41, 5.74) is 1.78. The average Bonchev–Trinajstić information content (AvgIpc) is 2.75. The van der Waals surface area contributed by atoms with E-state index in [4.69, 9.17) is 4.42 Å². The van der Waals surface area contributed by atoms with Crippen molar-refractivity contribution < 1.29 is 4.42 Å². The number of aryl methyl sites for hydroxylation is 1. The summed E-state index contributed by atoms with van der Waals surface area (Å²) in [4.78, 5) is 13.0. The van der Waals surface area contributed by atoms with E-state index in [9.17, 15) is 4.79 Å². The molecule has 2 aromatic heterocycles. The van der Waals surface area contributed by atoms with Crippen LogP contribution in [-0.4, -0.2) is 0 Å². The van der Waals surface area contributed by atoms with Gasteiger partial charge in [0.25, 0.3) is 0 Å². The number of rotatable bonds is 1.